The van der Waals surface area contributed by atoms with Crippen LogP contribution in [0.3, 0.4) is 0 Å². The number of hydrogen-bond donors (Lipinski definition) is 3. The number of hydrogen-bond acceptors (Lipinski definition) is 6. The van der Waals surface area contributed by atoms with Gasteiger partial charge in [-0.25, -0.2) is 0 Å². The highest BCUT2D eigenvalue weighted by molar-refractivity contribution is 5.93. The Morgan fingerprint density at radius 3 is 2.25 bits per heavy atom. The second-order valence-electron chi connectivity index (χ2n) is 5.63. The van der Waals surface area contributed by atoms with Crippen molar-refractivity contribution in [2.24, 2.45) is 17.4 Å². The van der Waals surface area contributed by atoms with Gasteiger partial charge in [0.2, 0.25) is 0 Å². The lowest BCUT2D eigenvalue weighted by Crippen LogP contribution is -2.40. The minimum atomic E-state index is -1.07. The summed E-state index contributed by atoms with van der Waals surface area (Å²) in [7, 11) is 0. The first-order valence-electron chi connectivity index (χ1n) is 7.57. The van der Waals surface area contributed by atoms with Gasteiger partial charge in [-0.05, 0) is 5.92 Å². The zero-order valence-corrected chi connectivity index (χ0v) is 11.7. The van der Waals surface area contributed by atoms with Crippen molar-refractivity contribution in [1.29, 1.82) is 1.43 Å². The molecule has 2 atom stereocenters. The number of Topliss-reactive ketones (excluding diaryl/α,β-unsaturated/α-hetero) is 2. The molecule has 1 unspecified atom stereocenters. The van der Waals surface area contributed by atoms with Crippen molar-refractivity contribution < 1.29 is 19.5 Å². The summed E-state index contributed by atoms with van der Waals surface area (Å²) in [4.78, 5) is 34.7. The molecule has 0 bridgehead atoms. The Labute approximate surface area is 120 Å². The predicted molar refractivity (Wildman–Crippen MR) is 74.0 cm³/mol. The maximum atomic E-state index is 12.0. The Bertz CT molecular complexity index is 383. The number of carbonyl (C=O) groups excluding carboxylic acids is 2. The highest BCUT2D eigenvalue weighted by Gasteiger charge is 2.25. The second-order valence-corrected chi connectivity index (χ2v) is 5.63. The van der Waals surface area contributed by atoms with E-state index in [9.17, 15) is 14.4 Å². The molecule has 1 rings (SSSR count). The first-order valence-corrected chi connectivity index (χ1v) is 7.16. The van der Waals surface area contributed by atoms with Crippen LogP contribution >= 0.6 is 0 Å². The molecule has 0 heterocycles. The summed E-state index contributed by atoms with van der Waals surface area (Å²) in [5.41, 5.74) is 11.3. The molecule has 20 heavy (non-hydrogen) atoms. The molecule has 0 saturated heterocycles. The quantitative estimate of drug-likeness (QED) is 0.600. The van der Waals surface area contributed by atoms with Crippen LogP contribution in [0.4, 0.5) is 0 Å². The van der Waals surface area contributed by atoms with Gasteiger partial charge >= 0.3 is 5.97 Å². The molecule has 1 fully saturated rings. The van der Waals surface area contributed by atoms with Crippen LogP contribution in [0, 0.1) is 5.92 Å². The molecule has 114 valence electrons. The van der Waals surface area contributed by atoms with Gasteiger partial charge in [0, 0.05) is 12.8 Å². The highest BCUT2D eigenvalue weighted by Crippen LogP contribution is 2.26. The molecule has 0 aliphatic heterocycles. The van der Waals surface area contributed by atoms with Crippen molar-refractivity contribution in [1.82, 2.24) is 0 Å². The molecular formula is C14H24N2O4. The summed E-state index contributed by atoms with van der Waals surface area (Å²) >= 11 is 0. The number of rotatable bonds is 8. The van der Waals surface area contributed by atoms with Crippen LogP contribution in [0.5, 0.6) is 0 Å². The first-order chi connectivity index (χ1) is 9.93. The van der Waals surface area contributed by atoms with E-state index in [2.05, 4.69) is 5.11 Å². The smallest absolute Gasteiger partial charge is 0.305 e. The van der Waals surface area contributed by atoms with Crippen molar-refractivity contribution in [3.63, 3.8) is 0 Å². The molecule has 0 aromatic carbocycles. The Kier molecular flexibility index (Phi) is 6.14. The maximum Gasteiger partial charge on any atom is 0.305 e. The van der Waals surface area contributed by atoms with Crippen LogP contribution in [-0.2, 0) is 14.4 Å². The number of carbonyl (C=O) groups is 3. The van der Waals surface area contributed by atoms with Gasteiger partial charge in [0.25, 0.3) is 1.43 Å². The number of ketones is 2. The molecule has 6 nitrogen and oxygen atoms in total. The first kappa shape index (κ1) is 15.1. The lowest BCUT2D eigenvalue weighted by molar-refractivity contribution is -0.139. The number of nitrogens with two attached hydrogens (primary N) is 2. The van der Waals surface area contributed by atoms with Crippen LogP contribution in [-0.4, -0.2) is 34.7 Å². The average Bonchev–Trinajstić information content (AvgIpc) is 2.47. The molecule has 0 spiro atoms. The van der Waals surface area contributed by atoms with Crippen LogP contribution < -0.4 is 11.5 Å². The minimum absolute atomic E-state index is 0.120. The Hall–Kier alpha value is -1.27. The van der Waals surface area contributed by atoms with Gasteiger partial charge < -0.3 is 16.6 Å². The summed E-state index contributed by atoms with van der Waals surface area (Å²) < 4.78 is 6.40. The molecule has 6 heteroatoms. The summed E-state index contributed by atoms with van der Waals surface area (Å²) in [5.74, 6) is -1.08. The Morgan fingerprint density at radius 2 is 1.65 bits per heavy atom. The third kappa shape index (κ3) is 5.79. The fourth-order valence-electron chi connectivity index (χ4n) is 2.60. The Morgan fingerprint density at radius 1 is 1.05 bits per heavy atom. The molecule has 0 radical (unpaired) electrons. The van der Waals surface area contributed by atoms with Gasteiger partial charge in [-0.3, -0.25) is 14.4 Å². The number of carboxylic acid groups (broad SMARTS) is 1. The van der Waals surface area contributed by atoms with Crippen LogP contribution in [0.15, 0.2) is 0 Å². The van der Waals surface area contributed by atoms with Crippen molar-refractivity contribution in [3.8, 4) is 0 Å². The van der Waals surface area contributed by atoms with Crippen LogP contribution in [0.1, 0.15) is 51.4 Å². The fourth-order valence-corrected chi connectivity index (χ4v) is 2.60. The zero-order valence-electron chi connectivity index (χ0n) is 12.7. The van der Waals surface area contributed by atoms with E-state index in [1.165, 1.54) is 6.42 Å². The molecule has 0 aromatic rings. The van der Waals surface area contributed by atoms with Gasteiger partial charge in [-0.1, -0.05) is 32.1 Å². The van der Waals surface area contributed by atoms with Gasteiger partial charge in [0.15, 0.2) is 5.78 Å². The SMILES string of the molecule is [2H]OC(=O)C[C@H](N)C(=O)CC(N)C(=O)CC1CCCCC1. The second kappa shape index (κ2) is 8.11. The van der Waals surface area contributed by atoms with Gasteiger partial charge in [-0.2, -0.15) is 0 Å². The molecule has 1 aliphatic carbocycles. The predicted octanol–water partition coefficient (Wildman–Crippen LogP) is 0.614. The van der Waals surface area contributed by atoms with E-state index in [1.807, 2.05) is 0 Å². The summed E-state index contributed by atoms with van der Waals surface area (Å²) in [6.45, 7) is 0. The molecular weight excluding hydrogens is 260 g/mol. The number of aliphatic carboxylic acids is 1. The topological polar surface area (TPSA) is 123 Å². The van der Waals surface area contributed by atoms with Gasteiger partial charge in [0.1, 0.15) is 5.78 Å². The van der Waals surface area contributed by atoms with Gasteiger partial charge in [0.05, 0.1) is 18.5 Å². The third-order valence-corrected chi connectivity index (χ3v) is 3.85. The van der Waals surface area contributed by atoms with E-state index in [-0.39, 0.29) is 18.6 Å². The van der Waals surface area contributed by atoms with Crippen molar-refractivity contribution in [3.05, 3.63) is 0 Å². The van der Waals surface area contributed by atoms with Crippen molar-refractivity contribution in [2.45, 2.75) is 63.5 Å². The van der Waals surface area contributed by atoms with Gasteiger partial charge in [-0.15, -0.1) is 0 Å². The average molecular weight is 285 g/mol. The molecule has 1 aliphatic rings. The monoisotopic (exact) mass is 285 g/mol. The molecule has 1 saturated carbocycles. The summed E-state index contributed by atoms with van der Waals surface area (Å²) in [6, 6.07) is -1.94. The van der Waals surface area contributed by atoms with Crippen LogP contribution in [0.25, 0.3) is 1.43 Å². The maximum absolute atomic E-state index is 12.0. The Balaban J connectivity index is 2.36. The summed E-state index contributed by atoms with van der Waals surface area (Å²) in [5, 5.41) is 3.70. The molecule has 0 aromatic heterocycles. The lowest BCUT2D eigenvalue weighted by atomic mass is 9.84. The fraction of sp³-hybridized carbons (Fsp3) is 0.786. The lowest BCUT2D eigenvalue weighted by Gasteiger charge is -2.22. The minimum Gasteiger partial charge on any atom is -0.481 e. The van der Waals surface area contributed by atoms with E-state index in [1.54, 1.807) is 0 Å². The largest absolute Gasteiger partial charge is 0.481 e. The zero-order chi connectivity index (χ0) is 15.8. The number of carboxylic acids is 1. The van der Waals surface area contributed by atoms with E-state index < -0.39 is 23.8 Å². The van der Waals surface area contributed by atoms with E-state index in [4.69, 9.17) is 12.9 Å². The van der Waals surface area contributed by atoms with Crippen LogP contribution in [0.2, 0.25) is 0 Å². The van der Waals surface area contributed by atoms with E-state index in [0.29, 0.717) is 12.3 Å². The van der Waals surface area contributed by atoms with Crippen molar-refractivity contribution >= 4 is 17.5 Å². The van der Waals surface area contributed by atoms with E-state index >= 15 is 0 Å². The van der Waals surface area contributed by atoms with E-state index in [0.717, 1.165) is 25.7 Å². The summed E-state index contributed by atoms with van der Waals surface area (Å²) in [6.07, 6.45) is 5.47. The standard InChI is InChI=1S/C14H24N2O4/c15-10(7-13(18)11(16)8-14(19)20)12(17)6-9-4-2-1-3-5-9/h9-11H,1-8,15-16H2,(H,19,20)/t10?,11-/m0/s1/i/hD. The van der Waals surface area contributed by atoms with Crippen molar-refractivity contribution in [2.75, 3.05) is 0 Å². The molecule has 0 amide bonds. The normalized spacial score (nSPS) is 19.8. The highest BCUT2D eigenvalue weighted by atomic mass is 16.4. The molecule has 5 N–H and O–H groups in total. The third-order valence-electron chi connectivity index (χ3n) is 3.85.